The zero-order chi connectivity index (χ0) is 23.2. The standard InChI is InChI=1S/C18H23F3N4O6/c1-2-6-30-10-17(7-12(27)13(9-26)31-17)25-8-11(14(22)24-16(25)29)4-3-5-23-15(28)18(19,20)21/h2-3,5,8,12-13,26-27H,1,4,6-7,9-10H2,(H,23,28)(H2,22,24,29)/t12-,13+,17-/m0/s1. The molecule has 2 rings (SSSR count). The van der Waals surface area contributed by atoms with E-state index in [-0.39, 0.29) is 37.4 Å². The molecule has 13 heteroatoms. The lowest BCUT2D eigenvalue weighted by atomic mass is 10.1. The van der Waals surface area contributed by atoms with E-state index >= 15 is 0 Å². The Balaban J connectivity index is 2.31. The van der Waals surface area contributed by atoms with Crippen molar-refractivity contribution in [3.8, 4) is 0 Å². The van der Waals surface area contributed by atoms with Gasteiger partial charge in [0.15, 0.2) is 5.72 Å². The Labute approximate surface area is 174 Å². The van der Waals surface area contributed by atoms with Gasteiger partial charge in [0.05, 0.1) is 25.9 Å². The van der Waals surface area contributed by atoms with Gasteiger partial charge in [-0.05, 0) is 6.42 Å². The van der Waals surface area contributed by atoms with Gasteiger partial charge >= 0.3 is 17.8 Å². The Bertz CT molecular complexity index is 888. The number of alkyl halides is 3. The summed E-state index contributed by atoms with van der Waals surface area (Å²) in [7, 11) is 0. The van der Waals surface area contributed by atoms with Crippen LogP contribution in [0.2, 0.25) is 0 Å². The van der Waals surface area contributed by atoms with Crippen LogP contribution in [0.1, 0.15) is 12.0 Å². The molecule has 3 atom stereocenters. The molecule has 172 valence electrons. The Morgan fingerprint density at radius 3 is 2.84 bits per heavy atom. The summed E-state index contributed by atoms with van der Waals surface area (Å²) >= 11 is 0. The number of hydrogen-bond acceptors (Lipinski definition) is 8. The van der Waals surface area contributed by atoms with Crippen LogP contribution in [0, 0.1) is 0 Å². The smallest absolute Gasteiger partial charge is 0.394 e. The van der Waals surface area contributed by atoms with Crippen molar-refractivity contribution in [3.63, 3.8) is 0 Å². The number of halogens is 3. The van der Waals surface area contributed by atoms with Gasteiger partial charge < -0.3 is 30.7 Å². The summed E-state index contributed by atoms with van der Waals surface area (Å²) in [6.07, 6.45) is -2.54. The molecule has 31 heavy (non-hydrogen) atoms. The van der Waals surface area contributed by atoms with Gasteiger partial charge in [-0.25, -0.2) is 4.79 Å². The number of nitrogens with two attached hydrogens (primary N) is 1. The lowest BCUT2D eigenvalue weighted by Gasteiger charge is -2.31. The third-order valence-corrected chi connectivity index (χ3v) is 4.47. The van der Waals surface area contributed by atoms with E-state index in [4.69, 9.17) is 15.2 Å². The average Bonchev–Trinajstić information content (AvgIpc) is 3.02. The van der Waals surface area contributed by atoms with Gasteiger partial charge in [0.2, 0.25) is 0 Å². The number of aromatic nitrogens is 2. The summed E-state index contributed by atoms with van der Waals surface area (Å²) in [6.45, 7) is 2.95. The van der Waals surface area contributed by atoms with Crippen molar-refractivity contribution in [2.24, 2.45) is 0 Å². The van der Waals surface area contributed by atoms with Crippen molar-refractivity contribution in [2.75, 3.05) is 25.6 Å². The van der Waals surface area contributed by atoms with Gasteiger partial charge in [-0.15, -0.1) is 6.58 Å². The fourth-order valence-electron chi connectivity index (χ4n) is 3.00. The predicted molar refractivity (Wildman–Crippen MR) is 102 cm³/mol. The number of allylic oxidation sites excluding steroid dienone is 1. The molecule has 2 heterocycles. The summed E-state index contributed by atoms with van der Waals surface area (Å²) in [5, 5.41) is 21.2. The highest BCUT2D eigenvalue weighted by molar-refractivity contribution is 5.82. The van der Waals surface area contributed by atoms with Crippen LogP contribution in [-0.4, -0.2) is 63.9 Å². The summed E-state index contributed by atoms with van der Waals surface area (Å²) in [5.41, 5.74) is 3.67. The number of anilines is 1. The molecule has 1 aliphatic heterocycles. The number of amides is 1. The van der Waals surface area contributed by atoms with Crippen LogP contribution in [0.5, 0.6) is 0 Å². The Hall–Kier alpha value is -2.74. The minimum atomic E-state index is -5.03. The zero-order valence-electron chi connectivity index (χ0n) is 16.3. The van der Waals surface area contributed by atoms with Crippen LogP contribution in [0.25, 0.3) is 0 Å². The lowest BCUT2D eigenvalue weighted by Crippen LogP contribution is -2.46. The van der Waals surface area contributed by atoms with Gasteiger partial charge in [-0.2, -0.15) is 18.2 Å². The molecule has 0 aliphatic carbocycles. The monoisotopic (exact) mass is 448 g/mol. The molecular weight excluding hydrogens is 425 g/mol. The number of nitrogens with one attached hydrogen (secondary N) is 1. The highest BCUT2D eigenvalue weighted by Gasteiger charge is 2.48. The normalized spacial score (nSPS) is 23.9. The Morgan fingerprint density at radius 1 is 1.55 bits per heavy atom. The number of aliphatic hydroxyl groups excluding tert-OH is 2. The molecule has 0 bridgehead atoms. The third-order valence-electron chi connectivity index (χ3n) is 4.47. The molecule has 1 aromatic rings. The molecule has 0 unspecified atom stereocenters. The van der Waals surface area contributed by atoms with Gasteiger partial charge in [0.1, 0.15) is 11.9 Å². The molecule has 1 amide bonds. The third kappa shape index (κ3) is 5.91. The van der Waals surface area contributed by atoms with Gasteiger partial charge in [0.25, 0.3) is 0 Å². The van der Waals surface area contributed by atoms with E-state index in [9.17, 15) is 33.0 Å². The van der Waals surface area contributed by atoms with E-state index < -0.39 is 42.3 Å². The van der Waals surface area contributed by atoms with E-state index in [0.717, 1.165) is 10.8 Å². The lowest BCUT2D eigenvalue weighted by molar-refractivity contribution is -0.172. The van der Waals surface area contributed by atoms with E-state index in [0.29, 0.717) is 0 Å². The number of ether oxygens (including phenoxy) is 2. The highest BCUT2D eigenvalue weighted by Crippen LogP contribution is 2.35. The van der Waals surface area contributed by atoms with Crippen LogP contribution in [0.3, 0.4) is 0 Å². The number of rotatable bonds is 9. The molecular formula is C18H23F3N4O6. The van der Waals surface area contributed by atoms with E-state index in [1.807, 2.05) is 0 Å². The second-order valence-corrected chi connectivity index (χ2v) is 6.74. The van der Waals surface area contributed by atoms with Crippen molar-refractivity contribution >= 4 is 11.7 Å². The summed E-state index contributed by atoms with van der Waals surface area (Å²) in [5.74, 6) is -2.31. The zero-order valence-corrected chi connectivity index (χ0v) is 16.3. The maximum Gasteiger partial charge on any atom is 0.471 e. The highest BCUT2D eigenvalue weighted by atomic mass is 19.4. The average molecular weight is 448 g/mol. The van der Waals surface area contributed by atoms with Crippen LogP contribution in [0.4, 0.5) is 19.0 Å². The van der Waals surface area contributed by atoms with Gasteiger partial charge in [-0.3, -0.25) is 9.36 Å². The molecule has 10 nitrogen and oxygen atoms in total. The van der Waals surface area contributed by atoms with Crippen LogP contribution in [-0.2, 0) is 26.4 Å². The molecule has 1 aromatic heterocycles. The molecule has 1 aliphatic rings. The molecule has 5 N–H and O–H groups in total. The van der Waals surface area contributed by atoms with Crippen molar-refractivity contribution < 1.29 is 37.7 Å². The SMILES string of the molecule is C=CCOC[C@]1(n2cc(CC=CNC(=O)C(F)(F)F)c(N)nc2=O)C[C@H](O)[C@@H](CO)O1. The van der Waals surface area contributed by atoms with E-state index in [2.05, 4.69) is 11.6 Å². The summed E-state index contributed by atoms with van der Waals surface area (Å²) in [4.78, 5) is 27.0. The molecule has 1 saturated heterocycles. The first-order chi connectivity index (χ1) is 14.5. The van der Waals surface area contributed by atoms with Crippen molar-refractivity contribution in [1.82, 2.24) is 14.9 Å². The molecule has 0 radical (unpaired) electrons. The Morgan fingerprint density at radius 2 is 2.26 bits per heavy atom. The number of hydrogen-bond donors (Lipinski definition) is 4. The quantitative estimate of drug-likeness (QED) is 0.293. The van der Waals surface area contributed by atoms with Crippen molar-refractivity contribution in [3.05, 3.63) is 47.2 Å². The molecule has 0 saturated carbocycles. The largest absolute Gasteiger partial charge is 0.471 e. The van der Waals surface area contributed by atoms with Crippen LogP contribution in [0.15, 0.2) is 35.9 Å². The minimum absolute atomic E-state index is 0.0766. The minimum Gasteiger partial charge on any atom is -0.394 e. The second-order valence-electron chi connectivity index (χ2n) is 6.74. The number of nitrogens with zero attached hydrogens (tertiary/aromatic N) is 2. The summed E-state index contributed by atoms with van der Waals surface area (Å²) in [6, 6.07) is 0. The molecule has 0 aromatic carbocycles. The Kier molecular flexibility index (Phi) is 7.95. The molecule has 0 spiro atoms. The fourth-order valence-corrected chi connectivity index (χ4v) is 3.00. The number of nitrogen functional groups attached to an aromatic ring is 1. The number of carbonyl (C=O) groups is 1. The van der Waals surface area contributed by atoms with Crippen LogP contribution < -0.4 is 16.7 Å². The van der Waals surface area contributed by atoms with Gasteiger partial charge in [0, 0.05) is 24.4 Å². The number of carbonyl (C=O) groups excluding carboxylic acids is 1. The van der Waals surface area contributed by atoms with Crippen molar-refractivity contribution in [1.29, 1.82) is 0 Å². The first-order valence-corrected chi connectivity index (χ1v) is 9.10. The molecule has 1 fully saturated rings. The van der Waals surface area contributed by atoms with Crippen LogP contribution >= 0.6 is 0 Å². The van der Waals surface area contributed by atoms with Gasteiger partial charge in [-0.1, -0.05) is 12.2 Å². The fraction of sp³-hybridized carbons (Fsp3) is 0.500. The van der Waals surface area contributed by atoms with Crippen molar-refractivity contribution in [2.45, 2.75) is 37.0 Å². The maximum atomic E-state index is 12.5. The van der Waals surface area contributed by atoms with E-state index in [1.165, 1.54) is 18.3 Å². The predicted octanol–water partition coefficient (Wildman–Crippen LogP) is -0.442. The maximum absolute atomic E-state index is 12.5. The topological polar surface area (TPSA) is 149 Å². The first-order valence-electron chi connectivity index (χ1n) is 9.10. The van der Waals surface area contributed by atoms with E-state index in [1.54, 1.807) is 5.32 Å². The number of aliphatic hydroxyl groups is 2. The summed E-state index contributed by atoms with van der Waals surface area (Å²) < 4.78 is 48.9. The first kappa shape index (κ1) is 24.5. The second kappa shape index (κ2) is 10.0.